The van der Waals surface area contributed by atoms with E-state index in [1.54, 1.807) is 24.3 Å². The fourth-order valence-electron chi connectivity index (χ4n) is 2.90. The highest BCUT2D eigenvalue weighted by atomic mass is 19.4. The first-order valence-corrected chi connectivity index (χ1v) is 8.13. The summed E-state index contributed by atoms with van der Waals surface area (Å²) in [6, 6.07) is 16.8. The third-order valence-corrected chi connectivity index (χ3v) is 4.23. The molecule has 0 amide bonds. The van der Waals surface area contributed by atoms with Gasteiger partial charge in [0.05, 0.1) is 19.0 Å². The van der Waals surface area contributed by atoms with Crippen LogP contribution in [0.3, 0.4) is 0 Å². The van der Waals surface area contributed by atoms with Crippen molar-refractivity contribution in [3.63, 3.8) is 0 Å². The summed E-state index contributed by atoms with van der Waals surface area (Å²) in [7, 11) is 1.53. The van der Waals surface area contributed by atoms with Gasteiger partial charge >= 0.3 is 6.18 Å². The van der Waals surface area contributed by atoms with E-state index in [0.717, 1.165) is 16.1 Å². The van der Waals surface area contributed by atoms with E-state index in [0.29, 0.717) is 16.9 Å². The van der Waals surface area contributed by atoms with Gasteiger partial charge in [-0.15, -0.1) is 0 Å². The molecule has 0 radical (unpaired) electrons. The Labute approximate surface area is 152 Å². The Morgan fingerprint density at radius 1 is 0.926 bits per heavy atom. The van der Waals surface area contributed by atoms with Crippen molar-refractivity contribution in [2.45, 2.75) is 6.18 Å². The standard InChI is InChI=1S/C20H14F3N3O/c1-27-15-9-7-14(8-10-15)17-11-18(20(21,22)23)26-19(25-17)16(12-24-26)13-5-3-2-4-6-13/h2-12H,1H3. The first-order chi connectivity index (χ1) is 13.0. The van der Waals surface area contributed by atoms with Crippen LogP contribution in [0.15, 0.2) is 66.9 Å². The zero-order valence-electron chi connectivity index (χ0n) is 14.2. The number of ether oxygens (including phenoxy) is 1. The highest BCUT2D eigenvalue weighted by Gasteiger charge is 2.35. The van der Waals surface area contributed by atoms with Gasteiger partial charge in [-0.25, -0.2) is 9.50 Å². The van der Waals surface area contributed by atoms with Crippen LogP contribution in [0.1, 0.15) is 5.69 Å². The summed E-state index contributed by atoms with van der Waals surface area (Å²) in [6.07, 6.45) is -3.16. The maximum atomic E-state index is 13.6. The maximum absolute atomic E-state index is 13.6. The molecule has 0 N–H and O–H groups in total. The summed E-state index contributed by atoms with van der Waals surface area (Å²) in [6.45, 7) is 0. The van der Waals surface area contributed by atoms with Gasteiger partial charge in [0.2, 0.25) is 0 Å². The van der Waals surface area contributed by atoms with Crippen molar-refractivity contribution >= 4 is 5.65 Å². The van der Waals surface area contributed by atoms with Crippen molar-refractivity contribution in [1.82, 2.24) is 14.6 Å². The molecule has 0 unspecified atom stereocenters. The molecule has 0 fully saturated rings. The summed E-state index contributed by atoms with van der Waals surface area (Å²) in [4.78, 5) is 4.47. The zero-order valence-corrected chi connectivity index (χ0v) is 14.2. The molecule has 0 aliphatic rings. The quantitative estimate of drug-likeness (QED) is 0.505. The van der Waals surface area contributed by atoms with Crippen molar-refractivity contribution in [3.05, 3.63) is 72.6 Å². The molecular weight excluding hydrogens is 355 g/mol. The summed E-state index contributed by atoms with van der Waals surface area (Å²) in [5.41, 5.74) is 1.35. The molecule has 0 spiro atoms. The van der Waals surface area contributed by atoms with E-state index >= 15 is 0 Å². The molecule has 4 nitrogen and oxygen atoms in total. The lowest BCUT2D eigenvalue weighted by molar-refractivity contribution is -0.142. The molecule has 27 heavy (non-hydrogen) atoms. The molecule has 0 atom stereocenters. The molecule has 2 heterocycles. The summed E-state index contributed by atoms with van der Waals surface area (Å²) >= 11 is 0. The number of halogens is 3. The molecule has 4 rings (SSSR count). The number of fused-ring (bicyclic) bond motifs is 1. The predicted molar refractivity (Wildman–Crippen MR) is 95.4 cm³/mol. The van der Waals surface area contributed by atoms with Crippen molar-refractivity contribution in [1.29, 1.82) is 0 Å². The second-order valence-corrected chi connectivity index (χ2v) is 5.91. The van der Waals surface area contributed by atoms with Gasteiger partial charge in [0, 0.05) is 11.1 Å². The molecule has 0 bridgehead atoms. The number of hydrogen-bond donors (Lipinski definition) is 0. The van der Waals surface area contributed by atoms with Gasteiger partial charge < -0.3 is 4.74 Å². The first-order valence-electron chi connectivity index (χ1n) is 8.13. The Kier molecular flexibility index (Phi) is 4.07. The van der Waals surface area contributed by atoms with E-state index in [-0.39, 0.29) is 11.3 Å². The monoisotopic (exact) mass is 369 g/mol. The van der Waals surface area contributed by atoms with Crippen molar-refractivity contribution in [3.8, 4) is 28.1 Å². The fourth-order valence-corrected chi connectivity index (χ4v) is 2.90. The highest BCUT2D eigenvalue weighted by Crippen LogP contribution is 2.34. The average molecular weight is 369 g/mol. The number of benzene rings is 2. The molecular formula is C20H14F3N3O. The predicted octanol–water partition coefficient (Wildman–Crippen LogP) is 5.09. The van der Waals surface area contributed by atoms with Crippen LogP contribution in [-0.2, 0) is 6.18 Å². The lowest BCUT2D eigenvalue weighted by Gasteiger charge is -2.12. The summed E-state index contributed by atoms with van der Waals surface area (Å²) < 4.78 is 46.9. The maximum Gasteiger partial charge on any atom is 0.433 e. The molecule has 0 saturated heterocycles. The Bertz CT molecular complexity index is 1090. The van der Waals surface area contributed by atoms with Crippen molar-refractivity contribution in [2.24, 2.45) is 0 Å². The second-order valence-electron chi connectivity index (χ2n) is 5.91. The minimum Gasteiger partial charge on any atom is -0.497 e. The number of aromatic nitrogens is 3. The molecule has 2 aromatic carbocycles. The van der Waals surface area contributed by atoms with Gasteiger partial charge in [-0.05, 0) is 35.9 Å². The minimum atomic E-state index is -4.57. The van der Waals surface area contributed by atoms with E-state index in [1.165, 1.54) is 13.3 Å². The average Bonchev–Trinajstić information content (AvgIpc) is 3.11. The number of hydrogen-bond acceptors (Lipinski definition) is 3. The van der Waals surface area contributed by atoms with Gasteiger partial charge in [0.1, 0.15) is 5.75 Å². The third-order valence-electron chi connectivity index (χ3n) is 4.23. The van der Waals surface area contributed by atoms with Gasteiger partial charge in [-0.1, -0.05) is 30.3 Å². The number of methoxy groups -OCH3 is 1. The van der Waals surface area contributed by atoms with E-state index in [1.807, 2.05) is 30.3 Å². The smallest absolute Gasteiger partial charge is 0.433 e. The Balaban J connectivity index is 1.97. The Morgan fingerprint density at radius 2 is 1.63 bits per heavy atom. The third kappa shape index (κ3) is 3.12. The van der Waals surface area contributed by atoms with E-state index in [2.05, 4.69) is 10.1 Å². The van der Waals surface area contributed by atoms with Gasteiger partial charge in [0.25, 0.3) is 0 Å². The van der Waals surface area contributed by atoms with Crippen LogP contribution >= 0.6 is 0 Å². The fraction of sp³-hybridized carbons (Fsp3) is 0.100. The summed E-state index contributed by atoms with van der Waals surface area (Å²) in [5.74, 6) is 0.616. The molecule has 2 aromatic heterocycles. The lowest BCUT2D eigenvalue weighted by Crippen LogP contribution is -2.13. The molecule has 0 aliphatic heterocycles. The van der Waals surface area contributed by atoms with Crippen LogP contribution < -0.4 is 4.74 Å². The first kappa shape index (κ1) is 17.1. The van der Waals surface area contributed by atoms with Crippen molar-refractivity contribution in [2.75, 3.05) is 7.11 Å². The van der Waals surface area contributed by atoms with Gasteiger partial charge in [-0.2, -0.15) is 18.3 Å². The van der Waals surface area contributed by atoms with Crippen LogP contribution in [0, 0.1) is 0 Å². The topological polar surface area (TPSA) is 39.4 Å². The normalized spacial score (nSPS) is 11.7. The molecule has 7 heteroatoms. The van der Waals surface area contributed by atoms with E-state index in [4.69, 9.17) is 4.74 Å². The van der Waals surface area contributed by atoms with Crippen molar-refractivity contribution < 1.29 is 17.9 Å². The number of nitrogens with zero attached hydrogens (tertiary/aromatic N) is 3. The Morgan fingerprint density at radius 3 is 2.26 bits per heavy atom. The largest absolute Gasteiger partial charge is 0.497 e. The zero-order chi connectivity index (χ0) is 19.0. The molecule has 4 aromatic rings. The number of rotatable bonds is 3. The SMILES string of the molecule is COc1ccc(-c2cc(C(F)(F)F)n3ncc(-c4ccccc4)c3n2)cc1. The van der Waals surface area contributed by atoms with Gasteiger partial charge in [0.15, 0.2) is 11.3 Å². The lowest BCUT2D eigenvalue weighted by atomic mass is 10.1. The van der Waals surface area contributed by atoms with Crippen LogP contribution in [0.5, 0.6) is 5.75 Å². The van der Waals surface area contributed by atoms with Crippen LogP contribution in [0.25, 0.3) is 28.0 Å². The molecule has 0 aliphatic carbocycles. The van der Waals surface area contributed by atoms with Crippen LogP contribution in [0.2, 0.25) is 0 Å². The van der Waals surface area contributed by atoms with E-state index in [9.17, 15) is 13.2 Å². The van der Waals surface area contributed by atoms with Crippen LogP contribution in [-0.4, -0.2) is 21.7 Å². The van der Waals surface area contributed by atoms with Gasteiger partial charge in [-0.3, -0.25) is 0 Å². The number of alkyl halides is 3. The van der Waals surface area contributed by atoms with Crippen LogP contribution in [0.4, 0.5) is 13.2 Å². The minimum absolute atomic E-state index is 0.154. The molecule has 136 valence electrons. The molecule has 0 saturated carbocycles. The second kappa shape index (κ2) is 6.42. The summed E-state index contributed by atoms with van der Waals surface area (Å²) in [5, 5.41) is 3.94. The highest BCUT2D eigenvalue weighted by molar-refractivity contribution is 5.79. The van der Waals surface area contributed by atoms with E-state index < -0.39 is 11.9 Å². The Hall–Kier alpha value is -3.35.